The van der Waals surface area contributed by atoms with E-state index < -0.39 is 0 Å². The van der Waals surface area contributed by atoms with E-state index in [4.69, 9.17) is 4.74 Å². The van der Waals surface area contributed by atoms with Gasteiger partial charge in [0.05, 0.1) is 18.2 Å². The molecule has 27 heavy (non-hydrogen) atoms. The van der Waals surface area contributed by atoms with Gasteiger partial charge >= 0.3 is 0 Å². The second-order valence-electron chi connectivity index (χ2n) is 7.65. The van der Waals surface area contributed by atoms with Gasteiger partial charge in [-0.2, -0.15) is 0 Å². The number of likely N-dealkylation sites (tertiary alicyclic amines) is 1. The molecule has 2 unspecified atom stereocenters. The predicted octanol–water partition coefficient (Wildman–Crippen LogP) is 2.29. The largest absolute Gasteiger partial charge is 0.492 e. The number of benzene rings is 1. The summed E-state index contributed by atoms with van der Waals surface area (Å²) >= 11 is 0. The monoisotopic (exact) mass is 373 g/mol. The average molecular weight is 373 g/mol. The first-order valence-corrected chi connectivity index (χ1v) is 10.1. The third kappa shape index (κ3) is 5.01. The maximum atomic E-state index is 12.5. The number of ether oxygens (including phenoxy) is 1. The Kier molecular flexibility index (Phi) is 6.72. The Morgan fingerprint density at radius 2 is 2.11 bits per heavy atom. The summed E-state index contributed by atoms with van der Waals surface area (Å²) in [4.78, 5) is 29.1. The number of anilines is 1. The maximum absolute atomic E-state index is 12.5. The first kappa shape index (κ1) is 19.7. The van der Waals surface area contributed by atoms with Crippen molar-refractivity contribution in [3.8, 4) is 5.75 Å². The fraction of sp³-hybridized carbons (Fsp3) is 0.619. The van der Waals surface area contributed by atoms with E-state index in [-0.39, 0.29) is 24.2 Å². The summed E-state index contributed by atoms with van der Waals surface area (Å²) in [7, 11) is 0. The van der Waals surface area contributed by atoms with Gasteiger partial charge in [-0.1, -0.05) is 19.1 Å². The molecule has 2 aliphatic rings. The van der Waals surface area contributed by atoms with Crippen LogP contribution in [0.1, 0.15) is 33.1 Å². The van der Waals surface area contributed by atoms with Crippen LogP contribution in [0.2, 0.25) is 0 Å². The highest BCUT2D eigenvalue weighted by atomic mass is 16.5. The topological polar surface area (TPSA) is 61.9 Å². The summed E-state index contributed by atoms with van der Waals surface area (Å²) in [6, 6.07) is 7.51. The smallest absolute Gasteiger partial charge is 0.227 e. The second-order valence-corrected chi connectivity index (χ2v) is 7.65. The molecule has 0 radical (unpaired) electrons. The Morgan fingerprint density at radius 1 is 1.30 bits per heavy atom. The minimum atomic E-state index is -0.299. The van der Waals surface area contributed by atoms with Crippen LogP contribution in [-0.2, 0) is 9.59 Å². The summed E-state index contributed by atoms with van der Waals surface area (Å²) in [5.41, 5.74) is 0.752. The van der Waals surface area contributed by atoms with E-state index in [9.17, 15) is 9.59 Å². The molecule has 1 aromatic carbocycles. The summed E-state index contributed by atoms with van der Waals surface area (Å²) in [5.74, 6) is 1.08. The van der Waals surface area contributed by atoms with Gasteiger partial charge in [0.1, 0.15) is 5.75 Å². The van der Waals surface area contributed by atoms with Crippen molar-refractivity contribution < 1.29 is 14.3 Å². The molecule has 2 aliphatic heterocycles. The fourth-order valence-corrected chi connectivity index (χ4v) is 4.05. The molecule has 0 aliphatic carbocycles. The first-order valence-electron chi connectivity index (χ1n) is 10.1. The molecule has 0 saturated carbocycles. The van der Waals surface area contributed by atoms with Crippen molar-refractivity contribution in [3.05, 3.63) is 24.3 Å². The summed E-state index contributed by atoms with van der Waals surface area (Å²) < 4.78 is 5.63. The Hall–Kier alpha value is -2.08. The van der Waals surface area contributed by atoms with Crippen LogP contribution in [0.5, 0.6) is 5.75 Å². The van der Waals surface area contributed by atoms with Gasteiger partial charge in [0.2, 0.25) is 11.8 Å². The molecule has 0 spiro atoms. The van der Waals surface area contributed by atoms with Gasteiger partial charge in [-0.25, -0.2) is 0 Å². The Balaban J connectivity index is 1.52. The van der Waals surface area contributed by atoms with Crippen LogP contribution in [0.4, 0.5) is 5.69 Å². The Morgan fingerprint density at radius 3 is 2.89 bits per heavy atom. The predicted molar refractivity (Wildman–Crippen MR) is 106 cm³/mol. The minimum Gasteiger partial charge on any atom is -0.492 e. The van der Waals surface area contributed by atoms with Crippen molar-refractivity contribution in [3.63, 3.8) is 0 Å². The number of nitrogens with one attached hydrogen (secondary N) is 1. The van der Waals surface area contributed by atoms with Crippen LogP contribution in [0.3, 0.4) is 0 Å². The summed E-state index contributed by atoms with van der Waals surface area (Å²) in [6.45, 7) is 8.91. The lowest BCUT2D eigenvalue weighted by atomic mass is 10.0. The highest BCUT2D eigenvalue weighted by Crippen LogP contribution is 2.33. The number of nitrogens with zero attached hydrogens (tertiary/aromatic N) is 2. The van der Waals surface area contributed by atoms with Gasteiger partial charge in [0.15, 0.2) is 0 Å². The number of para-hydroxylation sites is 2. The van der Waals surface area contributed by atoms with E-state index in [1.54, 1.807) is 4.90 Å². The van der Waals surface area contributed by atoms with Crippen LogP contribution in [0.15, 0.2) is 24.3 Å². The quantitative estimate of drug-likeness (QED) is 0.797. The molecule has 2 heterocycles. The van der Waals surface area contributed by atoms with E-state index in [1.807, 2.05) is 31.2 Å². The normalized spacial score (nSPS) is 23.5. The molecule has 6 heteroatoms. The lowest BCUT2D eigenvalue weighted by Gasteiger charge is -2.30. The molecule has 0 aromatic heterocycles. The third-order valence-corrected chi connectivity index (χ3v) is 5.42. The van der Waals surface area contributed by atoms with Gasteiger partial charge < -0.3 is 19.9 Å². The number of piperidine rings is 1. The second kappa shape index (κ2) is 9.22. The van der Waals surface area contributed by atoms with Crippen molar-refractivity contribution in [2.75, 3.05) is 44.2 Å². The Bertz CT molecular complexity index is 664. The zero-order valence-corrected chi connectivity index (χ0v) is 16.4. The molecule has 2 saturated heterocycles. The van der Waals surface area contributed by atoms with Gasteiger partial charge in [-0.15, -0.1) is 0 Å². The number of carbonyl (C=O) groups excluding carboxylic acids is 2. The molecule has 148 valence electrons. The van der Waals surface area contributed by atoms with Crippen molar-refractivity contribution in [1.82, 2.24) is 10.2 Å². The molecular formula is C21H31N3O3. The van der Waals surface area contributed by atoms with E-state index in [1.165, 1.54) is 12.8 Å². The van der Waals surface area contributed by atoms with Crippen LogP contribution in [0, 0.1) is 11.8 Å². The molecule has 2 amide bonds. The van der Waals surface area contributed by atoms with Gasteiger partial charge in [0.25, 0.3) is 0 Å². The molecule has 6 nitrogen and oxygen atoms in total. The van der Waals surface area contributed by atoms with Crippen molar-refractivity contribution in [2.45, 2.75) is 33.1 Å². The SMILES string of the molecule is CCOc1ccccc1N1CC(C(=O)NCCN2CCCC(C)C2)CC1=O. The molecule has 1 aromatic rings. The highest BCUT2D eigenvalue weighted by molar-refractivity contribution is 6.01. The van der Waals surface area contributed by atoms with E-state index in [2.05, 4.69) is 17.1 Å². The number of amides is 2. The van der Waals surface area contributed by atoms with Gasteiger partial charge in [-0.05, 0) is 44.4 Å². The maximum Gasteiger partial charge on any atom is 0.227 e. The molecular weight excluding hydrogens is 342 g/mol. The third-order valence-electron chi connectivity index (χ3n) is 5.42. The summed E-state index contributed by atoms with van der Waals surface area (Å²) in [6.07, 6.45) is 2.79. The molecule has 0 bridgehead atoms. The zero-order chi connectivity index (χ0) is 19.2. The Labute approximate surface area is 161 Å². The van der Waals surface area contributed by atoms with Crippen LogP contribution in [-0.4, -0.2) is 56.0 Å². The van der Waals surface area contributed by atoms with Crippen LogP contribution >= 0.6 is 0 Å². The number of hydrogen-bond donors (Lipinski definition) is 1. The van der Waals surface area contributed by atoms with Crippen molar-refractivity contribution in [1.29, 1.82) is 0 Å². The van der Waals surface area contributed by atoms with Crippen molar-refractivity contribution in [2.24, 2.45) is 11.8 Å². The van der Waals surface area contributed by atoms with Crippen LogP contribution in [0.25, 0.3) is 0 Å². The van der Waals surface area contributed by atoms with Gasteiger partial charge in [-0.3, -0.25) is 9.59 Å². The van der Waals surface area contributed by atoms with E-state index in [0.717, 1.165) is 31.2 Å². The molecule has 2 atom stereocenters. The lowest BCUT2D eigenvalue weighted by Crippen LogP contribution is -2.41. The van der Waals surface area contributed by atoms with Crippen LogP contribution < -0.4 is 15.0 Å². The van der Waals surface area contributed by atoms with Crippen molar-refractivity contribution >= 4 is 17.5 Å². The molecule has 3 rings (SSSR count). The molecule has 2 fully saturated rings. The number of rotatable bonds is 7. The summed E-state index contributed by atoms with van der Waals surface area (Å²) in [5, 5.41) is 3.03. The molecule has 1 N–H and O–H groups in total. The average Bonchev–Trinajstić information content (AvgIpc) is 3.04. The minimum absolute atomic E-state index is 0.0211. The standard InChI is InChI=1S/C21H31N3O3/c1-3-27-19-9-5-4-8-18(19)24-15-17(13-20(24)25)21(26)22-10-12-23-11-6-7-16(2)14-23/h4-5,8-9,16-17H,3,6-7,10-15H2,1-2H3,(H,22,26). The fourth-order valence-electron chi connectivity index (χ4n) is 4.05. The van der Waals surface area contributed by atoms with E-state index >= 15 is 0 Å². The number of carbonyl (C=O) groups is 2. The van der Waals surface area contributed by atoms with Gasteiger partial charge in [0, 0.05) is 32.6 Å². The first-order chi connectivity index (χ1) is 13.1. The highest BCUT2D eigenvalue weighted by Gasteiger charge is 2.36. The number of hydrogen-bond acceptors (Lipinski definition) is 4. The zero-order valence-electron chi connectivity index (χ0n) is 16.4. The lowest BCUT2D eigenvalue weighted by molar-refractivity contribution is -0.126. The van der Waals surface area contributed by atoms with E-state index in [0.29, 0.717) is 25.4 Å².